The quantitative estimate of drug-likeness (QED) is 0.638. The van der Waals surface area contributed by atoms with Crippen LogP contribution in [0.25, 0.3) is 0 Å². The molecule has 0 amide bonds. The number of nitrogens with zero attached hydrogens (tertiary/aromatic N) is 4. The Kier molecular flexibility index (Phi) is 1.97. The van der Waals surface area contributed by atoms with Gasteiger partial charge in [0, 0.05) is 36.1 Å². The highest BCUT2D eigenvalue weighted by Crippen LogP contribution is 2.66. The van der Waals surface area contributed by atoms with Crippen LogP contribution in [0.1, 0.15) is 37.0 Å². The highest BCUT2D eigenvalue weighted by molar-refractivity contribution is 5.17. The lowest BCUT2D eigenvalue weighted by Crippen LogP contribution is -2.39. The molecular weight excluding hydrogens is 312 g/mol. The maximum absolute atomic E-state index is 12.3. The number of aromatic nitrogens is 4. The smallest absolute Gasteiger partial charge is 0.265 e. The molecule has 0 aromatic carbocycles. The van der Waals surface area contributed by atoms with Crippen LogP contribution in [0.2, 0.25) is 0 Å². The first-order chi connectivity index (χ1) is 11.6. The molecule has 8 heteroatoms. The van der Waals surface area contributed by atoms with Gasteiger partial charge in [-0.15, -0.1) is 0 Å². The van der Waals surface area contributed by atoms with Gasteiger partial charge < -0.3 is 0 Å². The van der Waals surface area contributed by atoms with Gasteiger partial charge in [0.25, 0.3) is 22.2 Å². The van der Waals surface area contributed by atoms with Crippen LogP contribution in [-0.2, 0) is 0 Å². The molecule has 2 aliphatic heterocycles. The van der Waals surface area contributed by atoms with Crippen molar-refractivity contribution < 1.29 is 0 Å². The van der Waals surface area contributed by atoms with Crippen LogP contribution in [0.3, 0.4) is 0 Å². The third-order valence-corrected chi connectivity index (χ3v) is 6.55. The lowest BCUT2D eigenvalue weighted by atomic mass is 9.93. The SMILES string of the molecule is O=c1ccc(=O)n2n1[C@@H]1C[C@H]3C4C1[C@@H]2C[C@H]4n1c(=O)ccc(=O)n13. The molecule has 2 aromatic heterocycles. The highest BCUT2D eigenvalue weighted by atomic mass is 16.2. The van der Waals surface area contributed by atoms with E-state index in [2.05, 4.69) is 0 Å². The minimum absolute atomic E-state index is 0.0626. The fourth-order valence-electron chi connectivity index (χ4n) is 6.02. The summed E-state index contributed by atoms with van der Waals surface area (Å²) >= 11 is 0. The average Bonchev–Trinajstić information content (AvgIpc) is 3.24. The number of rotatable bonds is 0. The summed E-state index contributed by atoms with van der Waals surface area (Å²) in [6.07, 6.45) is 1.24. The minimum atomic E-state index is -0.164. The van der Waals surface area contributed by atoms with Gasteiger partial charge in [-0.25, -0.2) is 18.7 Å². The Morgan fingerprint density at radius 3 is 1.04 bits per heavy atom. The zero-order chi connectivity index (χ0) is 16.3. The topological polar surface area (TPSA) is 88.0 Å². The largest absolute Gasteiger partial charge is 0.268 e. The molecule has 122 valence electrons. The van der Waals surface area contributed by atoms with Crippen LogP contribution in [0.4, 0.5) is 0 Å². The monoisotopic (exact) mass is 326 g/mol. The van der Waals surface area contributed by atoms with Gasteiger partial charge in [0.1, 0.15) is 0 Å². The second-order valence-corrected chi connectivity index (χ2v) is 7.29. The van der Waals surface area contributed by atoms with Gasteiger partial charge in [-0.2, -0.15) is 0 Å². The molecule has 4 aliphatic rings. The standard InChI is InChI=1S/C16H14N4O4/c21-11-1-2-12(22)18-8-6-10-16-9(5-7(15(8)16)17(11)18)19-13(23)3-4-14(24)20(10)19/h1-4,7-10,15-16H,5-6H2/t7-,8+,9+,10-,15?,16?. The summed E-state index contributed by atoms with van der Waals surface area (Å²) in [5.74, 6) is 0.276. The molecule has 2 fully saturated rings. The first-order valence-corrected chi connectivity index (χ1v) is 8.26. The van der Waals surface area contributed by atoms with Gasteiger partial charge in [0.05, 0.1) is 24.2 Å². The van der Waals surface area contributed by atoms with Crippen molar-refractivity contribution in [2.75, 3.05) is 0 Å². The zero-order valence-corrected chi connectivity index (χ0v) is 12.6. The van der Waals surface area contributed by atoms with Gasteiger partial charge in [-0.05, 0) is 12.8 Å². The Balaban J connectivity index is 1.65. The van der Waals surface area contributed by atoms with Crippen LogP contribution >= 0.6 is 0 Å². The van der Waals surface area contributed by atoms with Crippen molar-refractivity contribution in [3.05, 3.63) is 65.7 Å². The Labute approximate surface area is 134 Å². The molecule has 0 saturated heterocycles. The second-order valence-electron chi connectivity index (χ2n) is 7.29. The van der Waals surface area contributed by atoms with E-state index >= 15 is 0 Å². The van der Waals surface area contributed by atoms with E-state index in [0.717, 1.165) is 0 Å². The minimum Gasteiger partial charge on any atom is -0.268 e. The first kappa shape index (κ1) is 12.7. The van der Waals surface area contributed by atoms with Gasteiger partial charge in [-0.1, -0.05) is 0 Å². The van der Waals surface area contributed by atoms with Crippen LogP contribution in [-0.4, -0.2) is 18.7 Å². The number of fused-ring (bicyclic) bond motifs is 6. The van der Waals surface area contributed by atoms with Gasteiger partial charge >= 0.3 is 0 Å². The van der Waals surface area contributed by atoms with Crippen molar-refractivity contribution in [1.29, 1.82) is 0 Å². The maximum atomic E-state index is 12.3. The van der Waals surface area contributed by atoms with Crippen molar-refractivity contribution >= 4 is 0 Å². The first-order valence-electron chi connectivity index (χ1n) is 8.26. The van der Waals surface area contributed by atoms with Crippen LogP contribution in [0.5, 0.6) is 0 Å². The molecule has 24 heavy (non-hydrogen) atoms. The predicted octanol–water partition coefficient (Wildman–Crippen LogP) is -0.735. The van der Waals surface area contributed by atoms with E-state index in [1.165, 1.54) is 24.3 Å². The van der Waals surface area contributed by atoms with Crippen molar-refractivity contribution in [2.45, 2.75) is 37.0 Å². The molecule has 2 aromatic rings. The zero-order valence-electron chi connectivity index (χ0n) is 12.6. The fourth-order valence-corrected chi connectivity index (χ4v) is 6.02. The Bertz CT molecular complexity index is 975. The lowest BCUT2D eigenvalue weighted by molar-refractivity contribution is 0.340. The molecule has 2 saturated carbocycles. The fraction of sp³-hybridized carbons (Fsp3) is 0.500. The summed E-state index contributed by atoms with van der Waals surface area (Å²) < 4.78 is 6.40. The van der Waals surface area contributed by atoms with Gasteiger partial charge in [0.2, 0.25) is 0 Å². The number of hydrogen-bond acceptors (Lipinski definition) is 4. The van der Waals surface area contributed by atoms with Crippen LogP contribution < -0.4 is 22.2 Å². The van der Waals surface area contributed by atoms with E-state index < -0.39 is 0 Å². The molecule has 0 bridgehead atoms. The Morgan fingerprint density at radius 1 is 0.542 bits per heavy atom. The molecule has 2 unspecified atom stereocenters. The van der Waals surface area contributed by atoms with Crippen LogP contribution in [0.15, 0.2) is 43.4 Å². The molecule has 0 N–H and O–H groups in total. The molecule has 6 atom stereocenters. The molecular formula is C16H14N4O4. The third kappa shape index (κ3) is 1.15. The van der Waals surface area contributed by atoms with Crippen molar-refractivity contribution in [2.24, 2.45) is 11.8 Å². The lowest BCUT2D eigenvalue weighted by Gasteiger charge is -2.19. The number of hydrogen-bond donors (Lipinski definition) is 0. The third-order valence-electron chi connectivity index (χ3n) is 6.55. The summed E-state index contributed by atoms with van der Waals surface area (Å²) in [6, 6.07) is 5.07. The molecule has 6 rings (SSSR count). The van der Waals surface area contributed by atoms with E-state index in [1.54, 1.807) is 18.7 Å². The van der Waals surface area contributed by atoms with E-state index in [-0.39, 0.29) is 58.2 Å². The molecule has 0 radical (unpaired) electrons. The average molecular weight is 326 g/mol. The van der Waals surface area contributed by atoms with Gasteiger partial charge in [-0.3, -0.25) is 19.2 Å². The summed E-state index contributed by atoms with van der Waals surface area (Å²) in [4.78, 5) is 49.3. The summed E-state index contributed by atoms with van der Waals surface area (Å²) in [6.45, 7) is 0. The van der Waals surface area contributed by atoms with Crippen molar-refractivity contribution in [3.8, 4) is 0 Å². The summed E-state index contributed by atoms with van der Waals surface area (Å²) in [5, 5.41) is 0. The molecule has 4 heterocycles. The van der Waals surface area contributed by atoms with E-state index in [1.807, 2.05) is 0 Å². The van der Waals surface area contributed by atoms with Crippen molar-refractivity contribution in [3.63, 3.8) is 0 Å². The normalized spacial score (nSPS) is 36.7. The summed E-state index contributed by atoms with van der Waals surface area (Å²) in [7, 11) is 0. The van der Waals surface area contributed by atoms with E-state index in [0.29, 0.717) is 12.8 Å². The van der Waals surface area contributed by atoms with E-state index in [4.69, 9.17) is 0 Å². The molecule has 2 aliphatic carbocycles. The predicted molar refractivity (Wildman–Crippen MR) is 82.3 cm³/mol. The molecule has 0 spiro atoms. The van der Waals surface area contributed by atoms with Crippen molar-refractivity contribution in [1.82, 2.24) is 18.7 Å². The second kappa shape index (κ2) is 3.71. The highest BCUT2D eigenvalue weighted by Gasteiger charge is 2.65. The van der Waals surface area contributed by atoms with Gasteiger partial charge in [0.15, 0.2) is 0 Å². The summed E-state index contributed by atoms with van der Waals surface area (Å²) in [5.41, 5.74) is -0.654. The van der Waals surface area contributed by atoms with Crippen LogP contribution in [0, 0.1) is 11.8 Å². The maximum Gasteiger partial charge on any atom is 0.265 e. The molecule has 8 nitrogen and oxygen atoms in total. The Morgan fingerprint density at radius 2 is 0.792 bits per heavy atom. The Hall–Kier alpha value is -2.64. The van der Waals surface area contributed by atoms with E-state index in [9.17, 15) is 19.2 Å².